The van der Waals surface area contributed by atoms with Gasteiger partial charge in [0.15, 0.2) is 0 Å². The van der Waals surface area contributed by atoms with Crippen molar-refractivity contribution < 1.29 is 9.53 Å². The highest BCUT2D eigenvalue weighted by molar-refractivity contribution is 5.65. The molecule has 1 aromatic carbocycles. The number of esters is 1. The summed E-state index contributed by atoms with van der Waals surface area (Å²) in [5.41, 5.74) is 1.18. The SMILES string of the molecule is CC(=O)OCCCN(C)c1ccccc1. The minimum Gasteiger partial charge on any atom is -0.466 e. The lowest BCUT2D eigenvalue weighted by atomic mass is 10.3. The van der Waals surface area contributed by atoms with Gasteiger partial charge in [-0.1, -0.05) is 18.2 Å². The van der Waals surface area contributed by atoms with E-state index in [4.69, 9.17) is 4.74 Å². The Bertz CT molecular complexity index is 298. The van der Waals surface area contributed by atoms with E-state index in [-0.39, 0.29) is 5.97 Å². The zero-order valence-corrected chi connectivity index (χ0v) is 9.27. The van der Waals surface area contributed by atoms with Crippen molar-refractivity contribution in [3.63, 3.8) is 0 Å². The first-order valence-corrected chi connectivity index (χ1v) is 5.09. The van der Waals surface area contributed by atoms with E-state index in [1.165, 1.54) is 12.6 Å². The molecule has 0 fully saturated rings. The molecule has 1 rings (SSSR count). The average molecular weight is 207 g/mol. The Morgan fingerprint density at radius 3 is 2.60 bits per heavy atom. The van der Waals surface area contributed by atoms with Crippen LogP contribution < -0.4 is 4.90 Å². The molecule has 0 atom stereocenters. The van der Waals surface area contributed by atoms with Gasteiger partial charge in [-0.2, -0.15) is 0 Å². The molecule has 0 heterocycles. The van der Waals surface area contributed by atoms with Gasteiger partial charge in [-0.25, -0.2) is 0 Å². The molecule has 0 saturated carbocycles. The molecule has 0 aliphatic rings. The molecule has 0 bridgehead atoms. The van der Waals surface area contributed by atoms with E-state index in [1.54, 1.807) is 0 Å². The summed E-state index contributed by atoms with van der Waals surface area (Å²) in [7, 11) is 2.03. The van der Waals surface area contributed by atoms with Crippen molar-refractivity contribution in [2.24, 2.45) is 0 Å². The molecule has 1 aromatic rings. The number of hydrogen-bond donors (Lipinski definition) is 0. The second-order valence-corrected chi connectivity index (χ2v) is 3.45. The van der Waals surface area contributed by atoms with Crippen molar-refractivity contribution in [2.45, 2.75) is 13.3 Å². The normalized spacial score (nSPS) is 9.73. The monoisotopic (exact) mass is 207 g/mol. The van der Waals surface area contributed by atoms with Gasteiger partial charge in [0.05, 0.1) is 6.61 Å². The first kappa shape index (κ1) is 11.6. The van der Waals surface area contributed by atoms with Gasteiger partial charge in [-0.05, 0) is 18.6 Å². The van der Waals surface area contributed by atoms with Gasteiger partial charge in [-0.15, -0.1) is 0 Å². The van der Waals surface area contributed by atoms with Gasteiger partial charge >= 0.3 is 5.97 Å². The number of ether oxygens (including phenoxy) is 1. The molecule has 0 N–H and O–H groups in total. The van der Waals surface area contributed by atoms with Crippen molar-refractivity contribution in [2.75, 3.05) is 25.1 Å². The molecular weight excluding hydrogens is 190 g/mol. The summed E-state index contributed by atoms with van der Waals surface area (Å²) in [5.74, 6) is -0.211. The topological polar surface area (TPSA) is 29.5 Å². The Hall–Kier alpha value is -1.51. The third-order valence-corrected chi connectivity index (χ3v) is 2.14. The molecular formula is C12H17NO2. The van der Waals surface area contributed by atoms with E-state index in [2.05, 4.69) is 17.0 Å². The predicted octanol–water partition coefficient (Wildman–Crippen LogP) is 2.08. The second kappa shape index (κ2) is 6.06. The highest BCUT2D eigenvalue weighted by Gasteiger charge is 1.99. The highest BCUT2D eigenvalue weighted by atomic mass is 16.5. The van der Waals surface area contributed by atoms with Gasteiger partial charge in [0.2, 0.25) is 0 Å². The highest BCUT2D eigenvalue weighted by Crippen LogP contribution is 2.10. The zero-order chi connectivity index (χ0) is 11.1. The number of para-hydroxylation sites is 1. The maximum absolute atomic E-state index is 10.5. The minimum absolute atomic E-state index is 0.211. The maximum Gasteiger partial charge on any atom is 0.302 e. The fraction of sp³-hybridized carbons (Fsp3) is 0.417. The molecule has 3 nitrogen and oxygen atoms in total. The van der Waals surface area contributed by atoms with Crippen molar-refractivity contribution in [3.8, 4) is 0 Å². The number of carbonyl (C=O) groups is 1. The Morgan fingerprint density at radius 2 is 2.00 bits per heavy atom. The van der Waals surface area contributed by atoms with E-state index in [0.29, 0.717) is 6.61 Å². The summed E-state index contributed by atoms with van der Waals surface area (Å²) in [6.45, 7) is 2.81. The van der Waals surface area contributed by atoms with Crippen LogP contribution in [-0.4, -0.2) is 26.2 Å². The molecule has 0 aromatic heterocycles. The maximum atomic E-state index is 10.5. The van der Waals surface area contributed by atoms with Crippen LogP contribution >= 0.6 is 0 Å². The van der Waals surface area contributed by atoms with E-state index < -0.39 is 0 Å². The quantitative estimate of drug-likeness (QED) is 0.547. The Kier molecular flexibility index (Phi) is 4.68. The number of nitrogens with zero attached hydrogens (tertiary/aromatic N) is 1. The van der Waals surface area contributed by atoms with Crippen LogP contribution in [-0.2, 0) is 9.53 Å². The fourth-order valence-corrected chi connectivity index (χ4v) is 1.33. The Morgan fingerprint density at radius 1 is 1.33 bits per heavy atom. The van der Waals surface area contributed by atoms with Crippen LogP contribution in [0.2, 0.25) is 0 Å². The molecule has 0 spiro atoms. The molecule has 0 unspecified atom stereocenters. The van der Waals surface area contributed by atoms with Crippen LogP contribution in [0.5, 0.6) is 0 Å². The summed E-state index contributed by atoms with van der Waals surface area (Å²) < 4.78 is 4.86. The lowest BCUT2D eigenvalue weighted by molar-refractivity contribution is -0.140. The Labute approximate surface area is 90.7 Å². The standard InChI is InChI=1S/C12H17NO2/c1-11(14)15-10-6-9-13(2)12-7-4-3-5-8-12/h3-5,7-8H,6,9-10H2,1-2H3. The van der Waals surface area contributed by atoms with Gasteiger partial charge in [0.25, 0.3) is 0 Å². The summed E-state index contributed by atoms with van der Waals surface area (Å²) in [5, 5.41) is 0. The number of hydrogen-bond acceptors (Lipinski definition) is 3. The van der Waals surface area contributed by atoms with Crippen molar-refractivity contribution in [1.82, 2.24) is 0 Å². The third kappa shape index (κ3) is 4.49. The minimum atomic E-state index is -0.211. The van der Waals surface area contributed by atoms with Crippen LogP contribution in [0.15, 0.2) is 30.3 Å². The first-order chi connectivity index (χ1) is 7.20. The molecule has 0 amide bonds. The number of benzene rings is 1. The van der Waals surface area contributed by atoms with Crippen LogP contribution in [0.25, 0.3) is 0 Å². The van der Waals surface area contributed by atoms with Gasteiger partial charge in [0.1, 0.15) is 0 Å². The van der Waals surface area contributed by atoms with Gasteiger partial charge in [-0.3, -0.25) is 4.79 Å². The number of carbonyl (C=O) groups excluding carboxylic acids is 1. The van der Waals surface area contributed by atoms with Crippen LogP contribution in [0.3, 0.4) is 0 Å². The summed E-state index contributed by atoms with van der Waals surface area (Å²) in [4.78, 5) is 12.7. The van der Waals surface area contributed by atoms with E-state index in [0.717, 1.165) is 13.0 Å². The van der Waals surface area contributed by atoms with E-state index >= 15 is 0 Å². The van der Waals surface area contributed by atoms with Crippen LogP contribution in [0.1, 0.15) is 13.3 Å². The average Bonchev–Trinajstić information content (AvgIpc) is 2.25. The van der Waals surface area contributed by atoms with Gasteiger partial charge in [0, 0.05) is 26.2 Å². The first-order valence-electron chi connectivity index (χ1n) is 5.09. The summed E-state index contributed by atoms with van der Waals surface area (Å²) in [6.07, 6.45) is 0.852. The lowest BCUT2D eigenvalue weighted by Crippen LogP contribution is -2.20. The predicted molar refractivity (Wildman–Crippen MR) is 61.0 cm³/mol. The zero-order valence-electron chi connectivity index (χ0n) is 9.27. The molecule has 0 aliphatic heterocycles. The molecule has 15 heavy (non-hydrogen) atoms. The van der Waals surface area contributed by atoms with Gasteiger partial charge < -0.3 is 9.64 Å². The molecule has 0 radical (unpaired) electrons. The van der Waals surface area contributed by atoms with Crippen molar-refractivity contribution in [1.29, 1.82) is 0 Å². The number of anilines is 1. The Balaban J connectivity index is 2.25. The largest absolute Gasteiger partial charge is 0.466 e. The van der Waals surface area contributed by atoms with E-state index in [1.807, 2.05) is 25.2 Å². The molecule has 0 saturated heterocycles. The smallest absolute Gasteiger partial charge is 0.302 e. The fourth-order valence-electron chi connectivity index (χ4n) is 1.33. The molecule has 3 heteroatoms. The second-order valence-electron chi connectivity index (χ2n) is 3.45. The van der Waals surface area contributed by atoms with Crippen LogP contribution in [0, 0.1) is 0 Å². The van der Waals surface area contributed by atoms with Crippen molar-refractivity contribution >= 4 is 11.7 Å². The van der Waals surface area contributed by atoms with Crippen molar-refractivity contribution in [3.05, 3.63) is 30.3 Å². The summed E-state index contributed by atoms with van der Waals surface area (Å²) in [6, 6.07) is 10.1. The molecule has 82 valence electrons. The van der Waals surface area contributed by atoms with Crippen LogP contribution in [0.4, 0.5) is 5.69 Å². The summed E-state index contributed by atoms with van der Waals surface area (Å²) >= 11 is 0. The van der Waals surface area contributed by atoms with E-state index in [9.17, 15) is 4.79 Å². The molecule has 0 aliphatic carbocycles. The lowest BCUT2D eigenvalue weighted by Gasteiger charge is -2.18. The number of rotatable bonds is 5. The third-order valence-electron chi connectivity index (χ3n) is 2.14.